The Morgan fingerprint density at radius 3 is 2.73 bits per heavy atom. The van der Waals surface area contributed by atoms with E-state index in [0.29, 0.717) is 11.2 Å². The first kappa shape index (κ1) is 14.8. The Bertz CT molecular complexity index is 682. The van der Waals surface area contributed by atoms with E-state index in [1.807, 2.05) is 35.0 Å². The van der Waals surface area contributed by atoms with E-state index in [4.69, 9.17) is 5.73 Å². The highest BCUT2D eigenvalue weighted by Gasteiger charge is 2.21. The highest BCUT2D eigenvalue weighted by Crippen LogP contribution is 2.23. The number of nitrogens with zero attached hydrogens (tertiary/aromatic N) is 4. The third-order valence-corrected chi connectivity index (χ3v) is 4.61. The Balaban J connectivity index is 1.62. The number of piperidine rings is 1. The van der Waals surface area contributed by atoms with E-state index in [-0.39, 0.29) is 5.91 Å². The van der Waals surface area contributed by atoms with Gasteiger partial charge in [0.05, 0.1) is 17.7 Å². The Morgan fingerprint density at radius 2 is 2.09 bits per heavy atom. The molecule has 22 heavy (non-hydrogen) atoms. The zero-order valence-corrected chi connectivity index (χ0v) is 13.3. The molecular weight excluding hydrogens is 298 g/mol. The summed E-state index contributed by atoms with van der Waals surface area (Å²) < 4.78 is 2.15. The lowest BCUT2D eigenvalue weighted by atomic mass is 10.1. The summed E-state index contributed by atoms with van der Waals surface area (Å²) in [6.45, 7) is 3.27. The molecular formula is C15H19N5OS. The van der Waals surface area contributed by atoms with Crippen LogP contribution in [0.25, 0.3) is 12.2 Å². The number of thiazole rings is 1. The molecule has 1 aliphatic rings. The van der Waals surface area contributed by atoms with Crippen molar-refractivity contribution in [3.8, 4) is 0 Å². The Labute approximate surface area is 133 Å². The van der Waals surface area contributed by atoms with Gasteiger partial charge in [0.2, 0.25) is 5.91 Å². The number of hydrogen-bond donors (Lipinski definition) is 1. The van der Waals surface area contributed by atoms with Gasteiger partial charge in [0.1, 0.15) is 0 Å². The van der Waals surface area contributed by atoms with Crippen LogP contribution in [-0.4, -0.2) is 38.4 Å². The summed E-state index contributed by atoms with van der Waals surface area (Å²) in [4.78, 5) is 21.8. The molecule has 7 heteroatoms. The molecule has 0 aromatic carbocycles. The van der Waals surface area contributed by atoms with Crippen LogP contribution in [0.15, 0.2) is 17.9 Å². The van der Waals surface area contributed by atoms with Crippen LogP contribution in [0.1, 0.15) is 37.2 Å². The maximum atomic E-state index is 11.4. The van der Waals surface area contributed by atoms with Crippen LogP contribution in [0.4, 0.5) is 5.13 Å². The molecule has 0 radical (unpaired) electrons. The molecule has 0 bridgehead atoms. The maximum absolute atomic E-state index is 11.4. The number of carbonyl (C=O) groups is 1. The van der Waals surface area contributed by atoms with Crippen LogP contribution in [0.3, 0.4) is 0 Å². The summed E-state index contributed by atoms with van der Waals surface area (Å²) in [7, 11) is 0. The first-order chi connectivity index (χ1) is 10.6. The van der Waals surface area contributed by atoms with Crippen molar-refractivity contribution >= 4 is 34.5 Å². The van der Waals surface area contributed by atoms with Crippen LogP contribution in [0.5, 0.6) is 0 Å². The van der Waals surface area contributed by atoms with Gasteiger partial charge in [0.15, 0.2) is 5.13 Å². The van der Waals surface area contributed by atoms with Gasteiger partial charge in [-0.2, -0.15) is 0 Å². The van der Waals surface area contributed by atoms with E-state index in [1.165, 1.54) is 11.3 Å². The van der Waals surface area contributed by atoms with E-state index in [0.717, 1.165) is 37.3 Å². The van der Waals surface area contributed by atoms with Gasteiger partial charge >= 0.3 is 0 Å². The summed E-state index contributed by atoms with van der Waals surface area (Å²) in [6.07, 6.45) is 9.71. The molecule has 0 saturated carbocycles. The molecule has 0 aliphatic carbocycles. The normalized spacial score (nSPS) is 16.5. The summed E-state index contributed by atoms with van der Waals surface area (Å²) in [5.41, 5.74) is 7.36. The average Bonchev–Trinajstić information content (AvgIpc) is 3.14. The maximum Gasteiger partial charge on any atom is 0.219 e. The molecule has 2 aromatic heterocycles. The number of likely N-dealkylation sites (tertiary alicyclic amines) is 1. The number of rotatable bonds is 3. The number of carbonyl (C=O) groups excluding carboxylic acids is 1. The minimum absolute atomic E-state index is 0.162. The minimum atomic E-state index is 0.162. The van der Waals surface area contributed by atoms with Gasteiger partial charge in [-0.25, -0.2) is 9.97 Å². The molecule has 0 spiro atoms. The lowest BCUT2D eigenvalue weighted by Crippen LogP contribution is -2.37. The van der Waals surface area contributed by atoms with Crippen molar-refractivity contribution < 1.29 is 4.79 Å². The van der Waals surface area contributed by atoms with Gasteiger partial charge in [-0.3, -0.25) is 4.79 Å². The zero-order chi connectivity index (χ0) is 15.5. The smallest absolute Gasteiger partial charge is 0.219 e. The lowest BCUT2D eigenvalue weighted by molar-refractivity contribution is -0.130. The van der Waals surface area contributed by atoms with Gasteiger partial charge in [-0.1, -0.05) is 0 Å². The molecule has 1 aliphatic heterocycles. The highest BCUT2D eigenvalue weighted by atomic mass is 32.1. The average molecular weight is 317 g/mol. The molecule has 1 saturated heterocycles. The second kappa shape index (κ2) is 6.31. The molecule has 2 aromatic rings. The minimum Gasteiger partial charge on any atom is -0.375 e. The second-order valence-electron chi connectivity index (χ2n) is 5.43. The van der Waals surface area contributed by atoms with Crippen molar-refractivity contribution in [2.75, 3.05) is 18.8 Å². The van der Waals surface area contributed by atoms with E-state index in [9.17, 15) is 4.79 Å². The van der Waals surface area contributed by atoms with Gasteiger partial charge < -0.3 is 15.2 Å². The Kier molecular flexibility index (Phi) is 4.24. The number of nitrogen functional groups attached to an aromatic ring is 1. The fourth-order valence-electron chi connectivity index (χ4n) is 2.67. The van der Waals surface area contributed by atoms with Crippen LogP contribution in [-0.2, 0) is 4.79 Å². The van der Waals surface area contributed by atoms with Gasteiger partial charge in [0.25, 0.3) is 0 Å². The van der Waals surface area contributed by atoms with E-state index in [1.54, 1.807) is 6.92 Å². The third-order valence-electron chi connectivity index (χ3n) is 3.92. The van der Waals surface area contributed by atoms with Gasteiger partial charge in [-0.15, -0.1) is 11.3 Å². The number of nitrogens with two attached hydrogens (primary N) is 1. The molecule has 1 amide bonds. The zero-order valence-electron chi connectivity index (χ0n) is 12.5. The quantitative estimate of drug-likeness (QED) is 0.942. The Hall–Kier alpha value is -2.15. The number of anilines is 1. The van der Waals surface area contributed by atoms with Crippen molar-refractivity contribution in [3.63, 3.8) is 0 Å². The molecule has 6 nitrogen and oxygen atoms in total. The summed E-state index contributed by atoms with van der Waals surface area (Å²) in [5, 5.41) is 2.49. The largest absolute Gasteiger partial charge is 0.375 e. The summed E-state index contributed by atoms with van der Waals surface area (Å²) in [5.74, 6) is 0.162. The van der Waals surface area contributed by atoms with Crippen molar-refractivity contribution in [1.82, 2.24) is 19.4 Å². The highest BCUT2D eigenvalue weighted by molar-refractivity contribution is 7.13. The van der Waals surface area contributed by atoms with Crippen molar-refractivity contribution in [1.29, 1.82) is 0 Å². The van der Waals surface area contributed by atoms with Crippen molar-refractivity contribution in [2.24, 2.45) is 0 Å². The molecule has 3 rings (SSSR count). The van der Waals surface area contributed by atoms with Crippen LogP contribution >= 0.6 is 11.3 Å². The number of aromatic nitrogens is 3. The van der Waals surface area contributed by atoms with E-state index >= 15 is 0 Å². The molecule has 2 N–H and O–H groups in total. The summed E-state index contributed by atoms with van der Waals surface area (Å²) >= 11 is 1.43. The third kappa shape index (κ3) is 3.36. The fourth-order valence-corrected chi connectivity index (χ4v) is 3.20. The fraction of sp³-hybridized carbons (Fsp3) is 0.400. The van der Waals surface area contributed by atoms with Gasteiger partial charge in [-0.05, 0) is 25.0 Å². The predicted molar refractivity (Wildman–Crippen MR) is 88.2 cm³/mol. The number of imidazole rings is 1. The van der Waals surface area contributed by atoms with E-state index < -0.39 is 0 Å². The number of hydrogen-bond acceptors (Lipinski definition) is 5. The van der Waals surface area contributed by atoms with Gasteiger partial charge in [0, 0.05) is 37.6 Å². The summed E-state index contributed by atoms with van der Waals surface area (Å²) in [6, 6.07) is 0.417. The molecule has 1 fully saturated rings. The molecule has 0 unspecified atom stereocenters. The van der Waals surface area contributed by atoms with Crippen LogP contribution in [0, 0.1) is 0 Å². The van der Waals surface area contributed by atoms with Crippen LogP contribution in [0.2, 0.25) is 0 Å². The van der Waals surface area contributed by atoms with E-state index in [2.05, 4.69) is 14.5 Å². The van der Waals surface area contributed by atoms with Crippen molar-refractivity contribution in [3.05, 3.63) is 29.3 Å². The van der Waals surface area contributed by atoms with Crippen molar-refractivity contribution in [2.45, 2.75) is 25.8 Å². The van der Waals surface area contributed by atoms with Crippen LogP contribution < -0.4 is 5.73 Å². The lowest BCUT2D eigenvalue weighted by Gasteiger charge is -2.31. The Morgan fingerprint density at radius 1 is 1.36 bits per heavy atom. The molecule has 3 heterocycles. The predicted octanol–water partition coefficient (Wildman–Crippen LogP) is 2.28. The molecule has 0 atom stereocenters. The first-order valence-electron chi connectivity index (χ1n) is 7.30. The number of amides is 1. The molecule has 116 valence electrons. The second-order valence-corrected chi connectivity index (χ2v) is 6.32. The standard InChI is InChI=1S/C15H19N5OS/c1-11(21)19-6-4-14(5-7-19)20-8-12(17-10-20)2-3-13-9-22-15(16)18-13/h2-3,8-10,14H,4-7H2,1H3,(H2,16,18). The first-order valence-corrected chi connectivity index (χ1v) is 8.18. The topological polar surface area (TPSA) is 77.0 Å². The SMILES string of the molecule is CC(=O)N1CCC(n2cnc(C=Cc3csc(N)n3)c2)CC1. The monoisotopic (exact) mass is 317 g/mol.